The minimum absolute atomic E-state index is 0.226. The van der Waals surface area contributed by atoms with Gasteiger partial charge in [0.15, 0.2) is 0 Å². The maximum absolute atomic E-state index is 13.4. The van der Waals surface area contributed by atoms with Gasteiger partial charge in [0.2, 0.25) is 5.91 Å². The van der Waals surface area contributed by atoms with E-state index in [9.17, 15) is 14.7 Å². The Morgan fingerprint density at radius 3 is 2.64 bits per heavy atom. The van der Waals surface area contributed by atoms with Crippen LogP contribution >= 0.6 is 11.6 Å². The number of nitrogens with one attached hydrogen (secondary N) is 1. The Bertz CT molecular complexity index is 1340. The first-order valence-corrected chi connectivity index (χ1v) is 13.8. The van der Waals surface area contributed by atoms with E-state index in [1.807, 2.05) is 42.5 Å². The highest BCUT2D eigenvalue weighted by atomic mass is 35.5. The molecule has 9 heteroatoms. The van der Waals surface area contributed by atoms with Crippen LogP contribution in [0, 0.1) is 5.92 Å². The van der Waals surface area contributed by atoms with Gasteiger partial charge in [0.25, 0.3) is 5.91 Å². The Labute approximate surface area is 233 Å². The lowest BCUT2D eigenvalue weighted by molar-refractivity contribution is -0.126. The van der Waals surface area contributed by atoms with Crippen molar-refractivity contribution >= 4 is 23.4 Å². The minimum Gasteiger partial charge on any atom is -0.391 e. The molecule has 3 heterocycles. The van der Waals surface area contributed by atoms with Crippen LogP contribution in [0.3, 0.4) is 0 Å². The van der Waals surface area contributed by atoms with E-state index in [1.165, 1.54) is 0 Å². The van der Waals surface area contributed by atoms with Gasteiger partial charge in [0.05, 0.1) is 22.9 Å². The summed E-state index contributed by atoms with van der Waals surface area (Å²) >= 11 is 6.49. The van der Waals surface area contributed by atoms with Crippen molar-refractivity contribution in [2.75, 3.05) is 13.2 Å². The monoisotopic (exact) mass is 548 g/mol. The average Bonchev–Trinajstić information content (AvgIpc) is 3.28. The largest absolute Gasteiger partial charge is 0.391 e. The number of aliphatic hydroxyl groups excluding tert-OH is 1. The predicted molar refractivity (Wildman–Crippen MR) is 148 cm³/mol. The number of fused-ring (bicyclic) bond motifs is 1. The topological polar surface area (TPSA) is 105 Å². The molecule has 0 radical (unpaired) electrons. The average molecular weight is 549 g/mol. The number of benzene rings is 2. The Kier molecular flexibility index (Phi) is 8.26. The molecular formula is C30H33ClN4O4. The molecule has 2 N–H and O–H groups in total. The molecule has 1 saturated heterocycles. The van der Waals surface area contributed by atoms with Crippen molar-refractivity contribution < 1.29 is 19.4 Å². The molecule has 3 atom stereocenters. The summed E-state index contributed by atoms with van der Waals surface area (Å²) in [5.74, 6) is 0.648. The van der Waals surface area contributed by atoms with Crippen LogP contribution < -0.4 is 5.32 Å². The Morgan fingerprint density at radius 2 is 1.92 bits per heavy atom. The number of rotatable bonds is 8. The van der Waals surface area contributed by atoms with Gasteiger partial charge in [-0.3, -0.25) is 9.59 Å². The zero-order chi connectivity index (χ0) is 27.5. The maximum Gasteiger partial charge on any atom is 0.255 e. The number of hydrogen-bond donors (Lipinski definition) is 2. The second kappa shape index (κ2) is 11.8. The molecule has 5 rings (SSSR count). The van der Waals surface area contributed by atoms with Crippen molar-refractivity contribution in [2.45, 2.75) is 57.8 Å². The van der Waals surface area contributed by atoms with E-state index in [2.05, 4.69) is 10.3 Å². The van der Waals surface area contributed by atoms with Crippen LogP contribution in [-0.2, 0) is 22.5 Å². The highest BCUT2D eigenvalue weighted by Gasteiger charge is 2.35. The van der Waals surface area contributed by atoms with E-state index in [4.69, 9.17) is 21.3 Å². The van der Waals surface area contributed by atoms with Crippen LogP contribution in [-0.4, -0.2) is 57.1 Å². The first-order chi connectivity index (χ1) is 18.8. The van der Waals surface area contributed by atoms with Crippen LogP contribution in [0.2, 0.25) is 5.02 Å². The molecule has 2 amide bonds. The van der Waals surface area contributed by atoms with E-state index in [0.29, 0.717) is 28.7 Å². The first kappa shape index (κ1) is 27.2. The summed E-state index contributed by atoms with van der Waals surface area (Å²) in [6, 6.07) is 13.6. The van der Waals surface area contributed by atoms with Crippen molar-refractivity contribution in [3.8, 4) is 11.3 Å². The van der Waals surface area contributed by atoms with Crippen LogP contribution in [0.25, 0.3) is 11.3 Å². The van der Waals surface area contributed by atoms with E-state index in [1.54, 1.807) is 31.0 Å². The third-order valence-corrected chi connectivity index (χ3v) is 7.88. The highest BCUT2D eigenvalue weighted by Crippen LogP contribution is 2.32. The van der Waals surface area contributed by atoms with Gasteiger partial charge in [0, 0.05) is 43.5 Å². The molecule has 3 aromatic rings. The molecule has 2 aliphatic rings. The Hall–Kier alpha value is -3.33. The molecule has 1 aromatic heterocycles. The van der Waals surface area contributed by atoms with E-state index < -0.39 is 18.2 Å². The standard InChI is InChI=1S/C30H33ClN4O4/c1-18(29(37)34-27(19(2)36)21-6-4-3-5-7-21)35-17-23-9-8-22(15-24(23)30(35)38)28-25(31)16-32-26(33-28)14-20-10-12-39-13-11-20/h3-9,15-16,18-20,27,36H,10-14,17H2,1-2H3,(H,34,37)/t18-,19+,27-/m1/s1. The molecule has 0 saturated carbocycles. The predicted octanol–water partition coefficient (Wildman–Crippen LogP) is 4.35. The summed E-state index contributed by atoms with van der Waals surface area (Å²) in [5.41, 5.74) is 3.50. The van der Waals surface area contributed by atoms with Crippen LogP contribution in [0.1, 0.15) is 60.0 Å². The van der Waals surface area contributed by atoms with Gasteiger partial charge in [-0.15, -0.1) is 0 Å². The number of carbonyl (C=O) groups is 2. The van der Waals surface area contributed by atoms with Gasteiger partial charge in [-0.2, -0.15) is 0 Å². The molecular weight excluding hydrogens is 516 g/mol. The van der Waals surface area contributed by atoms with Gasteiger partial charge in [0.1, 0.15) is 11.9 Å². The SMILES string of the molecule is C[C@H](O)[C@@H](NC(=O)[C@@H](C)N1Cc2ccc(-c3nc(CC4CCOCC4)ncc3Cl)cc2C1=O)c1ccccc1. The van der Waals surface area contributed by atoms with Crippen LogP contribution in [0.4, 0.5) is 0 Å². The third-order valence-electron chi connectivity index (χ3n) is 7.61. The molecule has 0 aliphatic carbocycles. The lowest BCUT2D eigenvalue weighted by atomic mass is 9.96. The Morgan fingerprint density at radius 1 is 1.18 bits per heavy atom. The zero-order valence-electron chi connectivity index (χ0n) is 22.1. The maximum atomic E-state index is 13.4. The van der Waals surface area contributed by atoms with Crippen LogP contribution in [0.15, 0.2) is 54.7 Å². The minimum atomic E-state index is -0.800. The molecule has 39 heavy (non-hydrogen) atoms. The molecule has 204 valence electrons. The second-order valence-electron chi connectivity index (χ2n) is 10.4. The molecule has 2 aliphatic heterocycles. The normalized spacial score (nSPS) is 17.9. The van der Waals surface area contributed by atoms with Gasteiger partial charge >= 0.3 is 0 Å². The highest BCUT2D eigenvalue weighted by molar-refractivity contribution is 6.32. The Balaban J connectivity index is 1.32. The summed E-state index contributed by atoms with van der Waals surface area (Å²) < 4.78 is 5.46. The van der Waals surface area contributed by atoms with Gasteiger partial charge in [-0.25, -0.2) is 9.97 Å². The number of aliphatic hydroxyl groups is 1. The number of aromatic nitrogens is 2. The lowest BCUT2D eigenvalue weighted by Crippen LogP contribution is -2.47. The smallest absolute Gasteiger partial charge is 0.255 e. The number of halogens is 1. The molecule has 8 nitrogen and oxygen atoms in total. The second-order valence-corrected chi connectivity index (χ2v) is 10.8. The third kappa shape index (κ3) is 5.98. The summed E-state index contributed by atoms with van der Waals surface area (Å²) in [5, 5.41) is 13.6. The molecule has 1 fully saturated rings. The number of carbonyl (C=O) groups excluding carboxylic acids is 2. The molecule has 2 aromatic carbocycles. The van der Waals surface area contributed by atoms with Crippen LogP contribution in [0.5, 0.6) is 0 Å². The number of ether oxygens (including phenoxy) is 1. The first-order valence-electron chi connectivity index (χ1n) is 13.4. The fourth-order valence-corrected chi connectivity index (χ4v) is 5.46. The molecule has 0 unspecified atom stereocenters. The van der Waals surface area contributed by atoms with Gasteiger partial charge in [-0.05, 0) is 49.8 Å². The molecule has 0 spiro atoms. The fourth-order valence-electron chi connectivity index (χ4n) is 5.25. The quantitative estimate of drug-likeness (QED) is 0.434. The zero-order valence-corrected chi connectivity index (χ0v) is 22.9. The fraction of sp³-hybridized carbons (Fsp3) is 0.400. The van der Waals surface area contributed by atoms with Crippen molar-refractivity contribution in [3.05, 3.63) is 82.3 Å². The summed E-state index contributed by atoms with van der Waals surface area (Å²) in [4.78, 5) is 37.4. The number of hydrogen-bond acceptors (Lipinski definition) is 6. The summed E-state index contributed by atoms with van der Waals surface area (Å²) in [7, 11) is 0. The molecule has 0 bridgehead atoms. The van der Waals surface area contributed by atoms with E-state index in [0.717, 1.165) is 55.0 Å². The summed E-state index contributed by atoms with van der Waals surface area (Å²) in [6.07, 6.45) is 3.55. The van der Waals surface area contributed by atoms with Gasteiger partial charge in [-0.1, -0.05) is 54.1 Å². The summed E-state index contributed by atoms with van der Waals surface area (Å²) in [6.45, 7) is 5.18. The van der Waals surface area contributed by atoms with Crippen molar-refractivity contribution in [1.82, 2.24) is 20.2 Å². The number of nitrogens with zero attached hydrogens (tertiary/aromatic N) is 3. The van der Waals surface area contributed by atoms with Crippen molar-refractivity contribution in [3.63, 3.8) is 0 Å². The van der Waals surface area contributed by atoms with Crippen molar-refractivity contribution in [2.24, 2.45) is 5.92 Å². The van der Waals surface area contributed by atoms with Gasteiger partial charge < -0.3 is 20.1 Å². The number of amides is 2. The van der Waals surface area contributed by atoms with Crippen molar-refractivity contribution in [1.29, 1.82) is 0 Å². The lowest BCUT2D eigenvalue weighted by Gasteiger charge is -2.28. The van der Waals surface area contributed by atoms with E-state index in [-0.39, 0.29) is 11.8 Å². The van der Waals surface area contributed by atoms with E-state index >= 15 is 0 Å².